The van der Waals surface area contributed by atoms with Gasteiger partial charge in [-0.25, -0.2) is 4.39 Å². The molecule has 0 aromatic heterocycles. The van der Waals surface area contributed by atoms with Crippen molar-refractivity contribution in [3.8, 4) is 5.75 Å². The highest BCUT2D eigenvalue weighted by atomic mass is 32.2. The summed E-state index contributed by atoms with van der Waals surface area (Å²) in [7, 11) is 0. The molecule has 1 unspecified atom stereocenters. The van der Waals surface area contributed by atoms with Crippen LogP contribution in [0.3, 0.4) is 0 Å². The van der Waals surface area contributed by atoms with Crippen molar-refractivity contribution in [1.82, 2.24) is 5.32 Å². The number of carbonyl (C=O) groups excluding carboxylic acids is 1. The number of phenols is 1. The Labute approximate surface area is 104 Å². The number of thioether (sulfide) groups is 1. The number of benzene rings is 1. The van der Waals surface area contributed by atoms with Gasteiger partial charge in [0.2, 0.25) is 0 Å². The van der Waals surface area contributed by atoms with Gasteiger partial charge in [-0.15, -0.1) is 0 Å². The van der Waals surface area contributed by atoms with E-state index >= 15 is 0 Å². The molecule has 0 bridgehead atoms. The molecule has 1 rings (SSSR count). The maximum atomic E-state index is 13.3. The van der Waals surface area contributed by atoms with E-state index in [-0.39, 0.29) is 11.3 Å². The fraction of sp³-hybridized carbons (Fsp3) is 0.417. The number of rotatable bonds is 5. The minimum Gasteiger partial charge on any atom is -0.507 e. The van der Waals surface area contributed by atoms with Crippen LogP contribution in [0.1, 0.15) is 23.7 Å². The number of hydrogen-bond donors (Lipinski definition) is 2. The topological polar surface area (TPSA) is 49.3 Å². The zero-order valence-corrected chi connectivity index (χ0v) is 10.7. The van der Waals surface area contributed by atoms with Crippen molar-refractivity contribution in [1.29, 1.82) is 0 Å². The van der Waals surface area contributed by atoms with Gasteiger partial charge in [0.15, 0.2) is 0 Å². The van der Waals surface area contributed by atoms with Gasteiger partial charge in [-0.05, 0) is 24.8 Å². The normalized spacial score (nSPS) is 12.2. The van der Waals surface area contributed by atoms with E-state index < -0.39 is 11.7 Å². The Morgan fingerprint density at radius 2 is 2.29 bits per heavy atom. The molecule has 0 aliphatic heterocycles. The third kappa shape index (κ3) is 3.93. The molecule has 0 saturated carbocycles. The lowest BCUT2D eigenvalue weighted by Gasteiger charge is -2.10. The Bertz CT molecular complexity index is 378. The second kappa shape index (κ2) is 6.49. The van der Waals surface area contributed by atoms with Crippen molar-refractivity contribution in [3.63, 3.8) is 0 Å². The van der Waals surface area contributed by atoms with Crippen LogP contribution in [-0.4, -0.2) is 29.1 Å². The Morgan fingerprint density at radius 3 is 2.88 bits per heavy atom. The summed E-state index contributed by atoms with van der Waals surface area (Å²) in [6.07, 6.45) is 2.80. The maximum absolute atomic E-state index is 13.3. The Hall–Kier alpha value is -1.23. The quantitative estimate of drug-likeness (QED) is 0.851. The van der Waals surface area contributed by atoms with Crippen molar-refractivity contribution < 1.29 is 14.3 Å². The summed E-state index contributed by atoms with van der Waals surface area (Å²) in [5, 5.41) is 12.4. The smallest absolute Gasteiger partial charge is 0.258 e. The molecule has 1 aromatic carbocycles. The van der Waals surface area contributed by atoms with Crippen LogP contribution in [0.15, 0.2) is 18.2 Å². The van der Waals surface area contributed by atoms with Gasteiger partial charge in [0.05, 0.1) is 0 Å². The van der Waals surface area contributed by atoms with E-state index in [1.165, 1.54) is 12.1 Å². The van der Waals surface area contributed by atoms with Crippen molar-refractivity contribution in [2.24, 2.45) is 0 Å². The Kier molecular flexibility index (Phi) is 5.28. The minimum atomic E-state index is -0.708. The van der Waals surface area contributed by atoms with Gasteiger partial charge in [-0.2, -0.15) is 11.8 Å². The highest BCUT2D eigenvalue weighted by Crippen LogP contribution is 2.19. The second-order valence-corrected chi connectivity index (χ2v) is 5.00. The number of hydrogen-bond acceptors (Lipinski definition) is 3. The molecular weight excluding hydrogens is 241 g/mol. The molecule has 1 amide bonds. The second-order valence-electron chi connectivity index (χ2n) is 3.72. The largest absolute Gasteiger partial charge is 0.507 e. The molecule has 0 radical (unpaired) electrons. The number of aromatic hydroxyl groups is 1. The minimum absolute atomic E-state index is 0.288. The fourth-order valence-electron chi connectivity index (χ4n) is 1.33. The number of phenolic OH excluding ortho intramolecular Hbond substituents is 1. The van der Waals surface area contributed by atoms with Gasteiger partial charge in [0.25, 0.3) is 5.91 Å². The van der Waals surface area contributed by atoms with Crippen molar-refractivity contribution in [2.75, 3.05) is 12.8 Å². The third-order valence-corrected chi connectivity index (χ3v) is 3.50. The lowest BCUT2D eigenvalue weighted by molar-refractivity contribution is 0.0946. The molecule has 0 fully saturated rings. The molecule has 0 heterocycles. The molecule has 0 spiro atoms. The summed E-state index contributed by atoms with van der Waals surface area (Å²) in [6, 6.07) is 3.80. The molecule has 17 heavy (non-hydrogen) atoms. The van der Waals surface area contributed by atoms with Crippen LogP contribution in [0.5, 0.6) is 5.75 Å². The number of carbonyl (C=O) groups is 1. The van der Waals surface area contributed by atoms with E-state index in [0.29, 0.717) is 11.8 Å². The molecule has 94 valence electrons. The summed E-state index contributed by atoms with van der Waals surface area (Å²) in [5.41, 5.74) is -0.288. The van der Waals surface area contributed by atoms with E-state index in [1.54, 1.807) is 11.8 Å². The monoisotopic (exact) mass is 257 g/mol. The SMILES string of the molecule is CSC(C)CCNC(=O)c1c(O)cccc1F. The number of halogens is 1. The van der Waals surface area contributed by atoms with Crippen LogP contribution in [-0.2, 0) is 0 Å². The van der Waals surface area contributed by atoms with E-state index in [2.05, 4.69) is 12.2 Å². The highest BCUT2D eigenvalue weighted by Gasteiger charge is 2.15. The molecule has 0 aliphatic carbocycles. The van der Waals surface area contributed by atoms with E-state index in [1.807, 2.05) is 6.26 Å². The van der Waals surface area contributed by atoms with Crippen LogP contribution in [0.25, 0.3) is 0 Å². The van der Waals surface area contributed by atoms with Crippen molar-refractivity contribution in [2.45, 2.75) is 18.6 Å². The Morgan fingerprint density at radius 1 is 1.59 bits per heavy atom. The summed E-state index contributed by atoms with van der Waals surface area (Å²) in [6.45, 7) is 2.52. The van der Waals surface area contributed by atoms with Crippen LogP contribution in [0.2, 0.25) is 0 Å². The lowest BCUT2D eigenvalue weighted by atomic mass is 10.1. The molecule has 1 aromatic rings. The van der Waals surface area contributed by atoms with E-state index in [0.717, 1.165) is 12.5 Å². The van der Waals surface area contributed by atoms with Crippen molar-refractivity contribution in [3.05, 3.63) is 29.6 Å². The molecule has 1 atom stereocenters. The number of nitrogens with one attached hydrogen (secondary N) is 1. The van der Waals surface area contributed by atoms with Crippen LogP contribution in [0, 0.1) is 5.82 Å². The average Bonchev–Trinajstić information content (AvgIpc) is 2.28. The van der Waals surface area contributed by atoms with Gasteiger partial charge in [0, 0.05) is 11.8 Å². The molecule has 5 heteroatoms. The first kappa shape index (κ1) is 13.8. The first-order valence-corrected chi connectivity index (χ1v) is 6.63. The fourth-order valence-corrected chi connectivity index (χ4v) is 1.69. The van der Waals surface area contributed by atoms with E-state index in [9.17, 15) is 14.3 Å². The zero-order valence-electron chi connectivity index (χ0n) is 9.87. The predicted molar refractivity (Wildman–Crippen MR) is 68.0 cm³/mol. The van der Waals surface area contributed by atoms with Crippen LogP contribution in [0.4, 0.5) is 4.39 Å². The standard InChI is InChI=1S/C12H16FNO2S/c1-8(17-2)6-7-14-12(16)11-9(13)4-3-5-10(11)15/h3-5,8,15H,6-7H2,1-2H3,(H,14,16). The first-order valence-electron chi connectivity index (χ1n) is 5.34. The predicted octanol–water partition coefficient (Wildman–Crippen LogP) is 2.40. The first-order chi connectivity index (χ1) is 8.06. The van der Waals surface area contributed by atoms with Gasteiger partial charge in [-0.1, -0.05) is 13.0 Å². The lowest BCUT2D eigenvalue weighted by Crippen LogP contribution is -2.26. The van der Waals surface area contributed by atoms with Gasteiger partial charge < -0.3 is 10.4 Å². The molecule has 2 N–H and O–H groups in total. The van der Waals surface area contributed by atoms with Crippen molar-refractivity contribution >= 4 is 17.7 Å². The summed E-state index contributed by atoms with van der Waals surface area (Å²) >= 11 is 1.70. The summed E-state index contributed by atoms with van der Waals surface area (Å²) in [4.78, 5) is 11.6. The molecular formula is C12H16FNO2S. The van der Waals surface area contributed by atoms with Gasteiger partial charge in [0.1, 0.15) is 17.1 Å². The van der Waals surface area contributed by atoms with E-state index in [4.69, 9.17) is 0 Å². The molecule has 0 saturated heterocycles. The molecule has 0 aliphatic rings. The average molecular weight is 257 g/mol. The van der Waals surface area contributed by atoms with Crippen LogP contribution < -0.4 is 5.32 Å². The van der Waals surface area contributed by atoms with Gasteiger partial charge in [-0.3, -0.25) is 4.79 Å². The third-order valence-electron chi connectivity index (χ3n) is 2.46. The summed E-state index contributed by atoms with van der Waals surface area (Å²) < 4.78 is 13.3. The Balaban J connectivity index is 2.59. The highest BCUT2D eigenvalue weighted by molar-refractivity contribution is 7.99. The zero-order chi connectivity index (χ0) is 12.8. The number of amides is 1. The van der Waals surface area contributed by atoms with Gasteiger partial charge >= 0.3 is 0 Å². The van der Waals surface area contributed by atoms with Crippen LogP contribution >= 0.6 is 11.8 Å². The molecule has 3 nitrogen and oxygen atoms in total. The maximum Gasteiger partial charge on any atom is 0.258 e. The summed E-state index contributed by atoms with van der Waals surface area (Å²) in [5.74, 6) is -1.62.